The molecule has 0 fully saturated rings. The van der Waals surface area contributed by atoms with Crippen molar-refractivity contribution >= 4 is 23.4 Å². The third kappa shape index (κ3) is 3.09. The summed E-state index contributed by atoms with van der Waals surface area (Å²) in [6.07, 6.45) is 0. The first-order chi connectivity index (χ1) is 8.01. The topological polar surface area (TPSA) is 48.3 Å². The summed E-state index contributed by atoms with van der Waals surface area (Å²) in [7, 11) is 0. The Morgan fingerprint density at radius 3 is 2.59 bits per heavy atom. The summed E-state index contributed by atoms with van der Waals surface area (Å²) in [6.45, 7) is 5.88. The summed E-state index contributed by atoms with van der Waals surface area (Å²) in [5, 5.41) is 0. The third-order valence-electron chi connectivity index (χ3n) is 2.59. The van der Waals surface area contributed by atoms with E-state index in [-0.39, 0.29) is 24.2 Å². The lowest BCUT2D eigenvalue weighted by atomic mass is 10.2. The fourth-order valence-electron chi connectivity index (χ4n) is 1.73. The number of hydrogen-bond acceptors (Lipinski definition) is 3. The average Bonchev–Trinajstić information content (AvgIpc) is 2.56. The minimum atomic E-state index is -0.306. The molecule has 0 atom stereocenters. The van der Waals surface area contributed by atoms with Gasteiger partial charge in [-0.1, -0.05) is 0 Å². The summed E-state index contributed by atoms with van der Waals surface area (Å²) in [6, 6.07) is 1.75. The van der Waals surface area contributed by atoms with Gasteiger partial charge in [0.1, 0.15) is 6.54 Å². The monoisotopic (exact) mass is 257 g/mol. The van der Waals surface area contributed by atoms with Crippen molar-refractivity contribution in [3.8, 4) is 0 Å². The van der Waals surface area contributed by atoms with Gasteiger partial charge in [0.2, 0.25) is 0 Å². The van der Waals surface area contributed by atoms with Crippen LogP contribution in [0, 0.1) is 13.8 Å². The molecule has 17 heavy (non-hydrogen) atoms. The molecule has 0 aromatic carbocycles. The highest BCUT2D eigenvalue weighted by atomic mass is 35.5. The van der Waals surface area contributed by atoms with Crippen LogP contribution in [0.3, 0.4) is 0 Å². The van der Waals surface area contributed by atoms with E-state index in [1.807, 2.05) is 6.92 Å². The highest BCUT2D eigenvalue weighted by molar-refractivity contribution is 6.30. The van der Waals surface area contributed by atoms with Crippen molar-refractivity contribution in [1.29, 1.82) is 0 Å². The largest absolute Gasteiger partial charge is 0.465 e. The smallest absolute Gasteiger partial charge is 0.325 e. The molecule has 0 aliphatic heterocycles. The molecule has 0 saturated carbocycles. The van der Waals surface area contributed by atoms with Crippen molar-refractivity contribution in [2.75, 3.05) is 12.5 Å². The number of ether oxygens (including phenoxy) is 1. The second-order valence-corrected chi connectivity index (χ2v) is 4.00. The van der Waals surface area contributed by atoms with Crippen LogP contribution >= 0.6 is 11.6 Å². The van der Waals surface area contributed by atoms with Crippen molar-refractivity contribution in [2.24, 2.45) is 0 Å². The first-order valence-corrected chi connectivity index (χ1v) is 5.96. The van der Waals surface area contributed by atoms with Crippen molar-refractivity contribution in [1.82, 2.24) is 4.57 Å². The Kier molecular flexibility index (Phi) is 4.75. The van der Waals surface area contributed by atoms with Crippen molar-refractivity contribution in [3.63, 3.8) is 0 Å². The fraction of sp³-hybridized carbons (Fsp3) is 0.500. The van der Waals surface area contributed by atoms with Crippen molar-refractivity contribution < 1.29 is 14.3 Å². The van der Waals surface area contributed by atoms with E-state index in [4.69, 9.17) is 16.3 Å². The maximum Gasteiger partial charge on any atom is 0.325 e. The van der Waals surface area contributed by atoms with Crippen LogP contribution < -0.4 is 0 Å². The normalized spacial score (nSPS) is 10.4. The van der Waals surface area contributed by atoms with E-state index in [0.29, 0.717) is 12.2 Å². The number of halogens is 1. The summed E-state index contributed by atoms with van der Waals surface area (Å²) in [4.78, 5) is 23.0. The van der Waals surface area contributed by atoms with Gasteiger partial charge in [-0.15, -0.1) is 11.6 Å². The molecule has 0 aliphatic rings. The van der Waals surface area contributed by atoms with Crippen LogP contribution in [0.2, 0.25) is 0 Å². The number of Topliss-reactive ketones (excluding diaryl/α,β-unsaturated/α-hetero) is 1. The van der Waals surface area contributed by atoms with E-state index in [9.17, 15) is 9.59 Å². The van der Waals surface area contributed by atoms with E-state index in [1.54, 1.807) is 24.5 Å². The van der Waals surface area contributed by atoms with E-state index < -0.39 is 0 Å². The third-order valence-corrected chi connectivity index (χ3v) is 2.83. The molecule has 1 heterocycles. The number of aryl methyl sites for hydroxylation is 1. The molecule has 5 heteroatoms. The van der Waals surface area contributed by atoms with Crippen LogP contribution in [0.15, 0.2) is 6.07 Å². The van der Waals surface area contributed by atoms with Crippen LogP contribution in [0.4, 0.5) is 0 Å². The summed E-state index contributed by atoms with van der Waals surface area (Å²) < 4.78 is 6.64. The molecule has 4 nitrogen and oxygen atoms in total. The Balaban J connectivity index is 2.97. The van der Waals surface area contributed by atoms with Gasteiger partial charge in [-0.3, -0.25) is 9.59 Å². The van der Waals surface area contributed by atoms with E-state index in [1.165, 1.54) is 0 Å². The zero-order valence-corrected chi connectivity index (χ0v) is 11.0. The fourth-order valence-corrected chi connectivity index (χ4v) is 1.88. The van der Waals surface area contributed by atoms with Gasteiger partial charge in [0, 0.05) is 17.0 Å². The maximum atomic E-state index is 11.5. The van der Waals surface area contributed by atoms with Crippen LogP contribution in [0.25, 0.3) is 0 Å². The van der Waals surface area contributed by atoms with Crippen LogP contribution in [0.1, 0.15) is 28.7 Å². The van der Waals surface area contributed by atoms with Gasteiger partial charge < -0.3 is 9.30 Å². The minimum absolute atomic E-state index is 0.0519. The van der Waals surface area contributed by atoms with Crippen LogP contribution in [-0.4, -0.2) is 28.8 Å². The number of rotatable bonds is 5. The predicted molar refractivity (Wildman–Crippen MR) is 65.6 cm³/mol. The number of carbonyl (C=O) groups is 2. The Labute approximate surface area is 106 Å². The summed E-state index contributed by atoms with van der Waals surface area (Å²) in [5.41, 5.74) is 2.17. The highest BCUT2D eigenvalue weighted by Gasteiger charge is 2.16. The lowest BCUT2D eigenvalue weighted by molar-refractivity contribution is -0.143. The number of carbonyl (C=O) groups excluding carboxylic acids is 2. The SMILES string of the molecule is CCOC(=O)Cn1c(C)cc(C(=O)CCl)c1C. The van der Waals surface area contributed by atoms with Crippen molar-refractivity contribution in [2.45, 2.75) is 27.3 Å². The van der Waals surface area contributed by atoms with Crippen LogP contribution in [0.5, 0.6) is 0 Å². The number of alkyl halides is 1. The number of hydrogen-bond donors (Lipinski definition) is 0. The molecule has 1 aromatic heterocycles. The maximum absolute atomic E-state index is 11.5. The first-order valence-electron chi connectivity index (χ1n) is 5.42. The molecule has 1 rings (SSSR count). The predicted octanol–water partition coefficient (Wildman–Crippen LogP) is 2.09. The molecule has 0 radical (unpaired) electrons. The van der Waals surface area contributed by atoms with Gasteiger partial charge in [-0.25, -0.2) is 0 Å². The van der Waals surface area contributed by atoms with Crippen LogP contribution in [-0.2, 0) is 16.1 Å². The number of aromatic nitrogens is 1. The lowest BCUT2D eigenvalue weighted by Gasteiger charge is -2.08. The van der Waals surface area contributed by atoms with Gasteiger partial charge >= 0.3 is 5.97 Å². The molecule has 0 bridgehead atoms. The molecule has 0 aliphatic carbocycles. The summed E-state index contributed by atoms with van der Waals surface area (Å²) in [5.74, 6) is -0.488. The number of esters is 1. The van der Waals surface area contributed by atoms with E-state index in [2.05, 4.69) is 0 Å². The molecule has 1 aromatic rings. The second kappa shape index (κ2) is 5.87. The quantitative estimate of drug-likeness (QED) is 0.461. The molecule has 94 valence electrons. The number of nitrogens with zero attached hydrogens (tertiary/aromatic N) is 1. The molecule has 0 unspecified atom stereocenters. The Morgan fingerprint density at radius 2 is 2.06 bits per heavy atom. The standard InChI is InChI=1S/C12H16ClNO3/c1-4-17-12(16)7-14-8(2)5-10(9(14)3)11(15)6-13/h5H,4,6-7H2,1-3H3. The Morgan fingerprint density at radius 1 is 1.41 bits per heavy atom. The zero-order valence-electron chi connectivity index (χ0n) is 10.2. The highest BCUT2D eigenvalue weighted by Crippen LogP contribution is 2.16. The van der Waals surface area contributed by atoms with E-state index >= 15 is 0 Å². The lowest BCUT2D eigenvalue weighted by Crippen LogP contribution is -2.16. The van der Waals surface area contributed by atoms with Gasteiger partial charge in [-0.2, -0.15) is 0 Å². The van der Waals surface area contributed by atoms with Gasteiger partial charge in [0.05, 0.1) is 12.5 Å². The molecular weight excluding hydrogens is 242 g/mol. The summed E-state index contributed by atoms with van der Waals surface area (Å²) >= 11 is 5.53. The molecule has 0 N–H and O–H groups in total. The van der Waals surface area contributed by atoms with E-state index in [0.717, 1.165) is 11.4 Å². The van der Waals surface area contributed by atoms with Gasteiger partial charge in [0.25, 0.3) is 0 Å². The number of ketones is 1. The molecule has 0 amide bonds. The molecule has 0 spiro atoms. The minimum Gasteiger partial charge on any atom is -0.465 e. The second-order valence-electron chi connectivity index (χ2n) is 3.73. The Bertz CT molecular complexity index is 437. The van der Waals surface area contributed by atoms with Gasteiger partial charge in [0.15, 0.2) is 5.78 Å². The average molecular weight is 258 g/mol. The Hall–Kier alpha value is -1.29. The molecular formula is C12H16ClNO3. The molecule has 0 saturated heterocycles. The van der Waals surface area contributed by atoms with Gasteiger partial charge in [-0.05, 0) is 26.8 Å². The zero-order chi connectivity index (χ0) is 13.0. The van der Waals surface area contributed by atoms with Crippen molar-refractivity contribution in [3.05, 3.63) is 23.0 Å². The first kappa shape index (κ1) is 13.8.